The van der Waals surface area contributed by atoms with Crippen LogP contribution < -0.4 is 4.84 Å². The lowest BCUT2D eigenvalue weighted by atomic mass is 9.89. The van der Waals surface area contributed by atoms with E-state index < -0.39 is 0 Å². The second kappa shape index (κ2) is 4.31. The maximum Gasteiger partial charge on any atom is 0.335 e. The number of aromatic nitrogens is 1. The van der Waals surface area contributed by atoms with Gasteiger partial charge in [-0.15, -0.1) is 0 Å². The molecular weight excluding hydrogens is 178 g/mol. The van der Waals surface area contributed by atoms with Gasteiger partial charge >= 0.3 is 5.97 Å². The molecule has 1 aromatic rings. The highest BCUT2D eigenvalue weighted by molar-refractivity contribution is 5.72. The van der Waals surface area contributed by atoms with Gasteiger partial charge in [-0.05, 0) is 25.0 Å². The summed E-state index contributed by atoms with van der Waals surface area (Å²) < 4.78 is 1.47. The van der Waals surface area contributed by atoms with E-state index in [0.717, 1.165) is 25.7 Å². The van der Waals surface area contributed by atoms with Crippen molar-refractivity contribution in [2.45, 2.75) is 32.1 Å². The maximum atomic E-state index is 11.6. The maximum absolute atomic E-state index is 11.6. The number of carbonyl (C=O) groups is 1. The van der Waals surface area contributed by atoms with Crippen molar-refractivity contribution in [1.29, 1.82) is 0 Å². The van der Waals surface area contributed by atoms with E-state index in [1.165, 1.54) is 11.2 Å². The molecule has 0 aromatic carbocycles. The van der Waals surface area contributed by atoms with E-state index in [4.69, 9.17) is 4.84 Å². The zero-order chi connectivity index (χ0) is 9.80. The van der Waals surface area contributed by atoms with Gasteiger partial charge in [0.05, 0.1) is 5.92 Å². The first-order chi connectivity index (χ1) is 6.86. The molecule has 0 N–H and O–H groups in total. The van der Waals surface area contributed by atoms with Gasteiger partial charge in [-0.1, -0.05) is 19.3 Å². The largest absolute Gasteiger partial charge is 0.337 e. The first kappa shape index (κ1) is 9.31. The molecular formula is C11H15NO2. The minimum absolute atomic E-state index is 0.0825. The molecule has 1 fully saturated rings. The van der Waals surface area contributed by atoms with Crippen molar-refractivity contribution in [3.05, 3.63) is 24.5 Å². The van der Waals surface area contributed by atoms with Crippen molar-refractivity contribution >= 4 is 5.97 Å². The van der Waals surface area contributed by atoms with Gasteiger partial charge < -0.3 is 4.84 Å². The monoisotopic (exact) mass is 193 g/mol. The Hall–Kier alpha value is -1.25. The molecule has 0 unspecified atom stereocenters. The van der Waals surface area contributed by atoms with E-state index in [-0.39, 0.29) is 11.9 Å². The Morgan fingerprint density at radius 2 is 1.79 bits per heavy atom. The Bertz CT molecular complexity index is 286. The average Bonchev–Trinajstić information content (AvgIpc) is 2.72. The highest BCUT2D eigenvalue weighted by Gasteiger charge is 2.22. The number of hydrogen-bond acceptors (Lipinski definition) is 2. The molecule has 0 spiro atoms. The third-order valence-corrected chi connectivity index (χ3v) is 2.71. The minimum Gasteiger partial charge on any atom is -0.337 e. The van der Waals surface area contributed by atoms with Crippen molar-refractivity contribution < 1.29 is 9.63 Å². The lowest BCUT2D eigenvalue weighted by molar-refractivity contribution is -0.150. The van der Waals surface area contributed by atoms with E-state index >= 15 is 0 Å². The molecule has 3 heteroatoms. The Balaban J connectivity index is 1.88. The van der Waals surface area contributed by atoms with E-state index in [9.17, 15) is 4.79 Å². The smallest absolute Gasteiger partial charge is 0.335 e. The van der Waals surface area contributed by atoms with Crippen LogP contribution >= 0.6 is 0 Å². The summed E-state index contributed by atoms with van der Waals surface area (Å²) in [5.74, 6) is 0.0343. The Kier molecular flexibility index (Phi) is 2.87. The van der Waals surface area contributed by atoms with E-state index in [1.807, 2.05) is 12.1 Å². The summed E-state index contributed by atoms with van der Waals surface area (Å²) in [4.78, 5) is 16.8. The molecule has 1 aliphatic rings. The predicted molar refractivity (Wildman–Crippen MR) is 52.6 cm³/mol. The highest BCUT2D eigenvalue weighted by Crippen LogP contribution is 2.23. The zero-order valence-electron chi connectivity index (χ0n) is 8.19. The van der Waals surface area contributed by atoms with Gasteiger partial charge in [-0.25, -0.2) is 4.79 Å². The fraction of sp³-hybridized carbons (Fsp3) is 0.545. The fourth-order valence-corrected chi connectivity index (χ4v) is 1.90. The molecule has 76 valence electrons. The van der Waals surface area contributed by atoms with Crippen molar-refractivity contribution in [3.8, 4) is 0 Å². The topological polar surface area (TPSA) is 31.2 Å². The van der Waals surface area contributed by atoms with Crippen LogP contribution in [-0.4, -0.2) is 10.7 Å². The molecule has 1 aromatic heterocycles. The first-order valence-corrected chi connectivity index (χ1v) is 5.21. The van der Waals surface area contributed by atoms with Crippen molar-refractivity contribution in [1.82, 2.24) is 4.73 Å². The molecule has 1 aliphatic carbocycles. The van der Waals surface area contributed by atoms with Gasteiger partial charge in [0.1, 0.15) is 0 Å². The number of carbonyl (C=O) groups excluding carboxylic acids is 1. The molecule has 1 heterocycles. The van der Waals surface area contributed by atoms with Gasteiger partial charge in [-0.3, -0.25) is 0 Å². The number of hydrogen-bond donors (Lipinski definition) is 0. The standard InChI is InChI=1S/C11H15NO2/c13-11(10-6-2-1-3-7-10)14-12-8-4-5-9-12/h4-5,8-10H,1-3,6-7H2. The highest BCUT2D eigenvalue weighted by atomic mass is 16.7. The van der Waals surface area contributed by atoms with Gasteiger partial charge in [0.25, 0.3) is 0 Å². The van der Waals surface area contributed by atoms with Crippen molar-refractivity contribution in [3.63, 3.8) is 0 Å². The van der Waals surface area contributed by atoms with Crippen LogP contribution in [0.1, 0.15) is 32.1 Å². The third kappa shape index (κ3) is 2.16. The second-order valence-corrected chi connectivity index (χ2v) is 3.79. The van der Waals surface area contributed by atoms with E-state index in [1.54, 1.807) is 12.4 Å². The van der Waals surface area contributed by atoms with Crippen molar-refractivity contribution in [2.24, 2.45) is 5.92 Å². The van der Waals surface area contributed by atoms with E-state index in [0.29, 0.717) is 0 Å². The van der Waals surface area contributed by atoms with Crippen LogP contribution in [0.2, 0.25) is 0 Å². The SMILES string of the molecule is O=C(On1cccc1)C1CCCCC1. The summed E-state index contributed by atoms with van der Waals surface area (Å²) in [7, 11) is 0. The van der Waals surface area contributed by atoms with Crippen LogP contribution in [0.3, 0.4) is 0 Å². The molecule has 0 aliphatic heterocycles. The quantitative estimate of drug-likeness (QED) is 0.719. The molecule has 0 amide bonds. The van der Waals surface area contributed by atoms with Crippen LogP contribution in [0.5, 0.6) is 0 Å². The van der Waals surface area contributed by atoms with Gasteiger partial charge in [0.2, 0.25) is 0 Å². The second-order valence-electron chi connectivity index (χ2n) is 3.79. The molecule has 2 rings (SSSR count). The lowest BCUT2D eigenvalue weighted by Crippen LogP contribution is -2.27. The summed E-state index contributed by atoms with van der Waals surface area (Å²) in [6, 6.07) is 3.68. The van der Waals surface area contributed by atoms with Gasteiger partial charge in [-0.2, -0.15) is 4.73 Å². The third-order valence-electron chi connectivity index (χ3n) is 2.71. The molecule has 14 heavy (non-hydrogen) atoms. The number of nitrogens with zero attached hydrogens (tertiary/aromatic N) is 1. The average molecular weight is 193 g/mol. The molecule has 0 atom stereocenters. The predicted octanol–water partition coefficient (Wildman–Crippen LogP) is 2.02. The molecule has 0 saturated heterocycles. The minimum atomic E-state index is -0.0825. The summed E-state index contributed by atoms with van der Waals surface area (Å²) in [5, 5.41) is 0. The summed E-state index contributed by atoms with van der Waals surface area (Å²) >= 11 is 0. The Labute approximate surface area is 83.6 Å². The van der Waals surface area contributed by atoms with Crippen LogP contribution in [0, 0.1) is 5.92 Å². The molecule has 0 bridgehead atoms. The zero-order valence-corrected chi connectivity index (χ0v) is 8.19. The summed E-state index contributed by atoms with van der Waals surface area (Å²) in [5.41, 5.74) is 0. The molecule has 0 radical (unpaired) electrons. The van der Waals surface area contributed by atoms with Crippen LogP contribution in [0.4, 0.5) is 0 Å². The Morgan fingerprint density at radius 1 is 1.14 bits per heavy atom. The molecule has 3 nitrogen and oxygen atoms in total. The first-order valence-electron chi connectivity index (χ1n) is 5.21. The van der Waals surface area contributed by atoms with Crippen LogP contribution in [-0.2, 0) is 4.79 Å². The summed E-state index contributed by atoms with van der Waals surface area (Å²) in [6.45, 7) is 0. The van der Waals surface area contributed by atoms with E-state index in [2.05, 4.69) is 0 Å². The fourth-order valence-electron chi connectivity index (χ4n) is 1.90. The van der Waals surface area contributed by atoms with Gasteiger partial charge in [0.15, 0.2) is 0 Å². The van der Waals surface area contributed by atoms with Gasteiger partial charge in [0, 0.05) is 12.4 Å². The van der Waals surface area contributed by atoms with Crippen molar-refractivity contribution in [2.75, 3.05) is 0 Å². The van der Waals surface area contributed by atoms with Crippen LogP contribution in [0.25, 0.3) is 0 Å². The normalized spacial score (nSPS) is 18.0. The van der Waals surface area contributed by atoms with Crippen LogP contribution in [0.15, 0.2) is 24.5 Å². The summed E-state index contributed by atoms with van der Waals surface area (Å²) in [6.07, 6.45) is 9.02. The molecule has 1 saturated carbocycles. The lowest BCUT2D eigenvalue weighted by Gasteiger charge is -2.19. The number of rotatable bonds is 2. The Morgan fingerprint density at radius 3 is 2.43 bits per heavy atom.